The molecule has 0 radical (unpaired) electrons. The zero-order valence-electron chi connectivity index (χ0n) is 10.1. The molecule has 0 unspecified atom stereocenters. The Kier molecular flexibility index (Phi) is 2.95. The summed E-state index contributed by atoms with van der Waals surface area (Å²) >= 11 is 0. The van der Waals surface area contributed by atoms with Crippen LogP contribution in [0.4, 0.5) is 0 Å². The third-order valence-corrected chi connectivity index (χ3v) is 2.78. The highest BCUT2D eigenvalue weighted by Gasteiger charge is 2.17. The summed E-state index contributed by atoms with van der Waals surface area (Å²) in [5.41, 5.74) is 3.37. The Hall–Kier alpha value is -2.10. The maximum atomic E-state index is 8.85. The van der Waals surface area contributed by atoms with Gasteiger partial charge in [0.25, 0.3) is 0 Å². The molecule has 2 aromatic rings. The van der Waals surface area contributed by atoms with Crippen LogP contribution in [-0.4, -0.2) is 15.9 Å². The topological polar surface area (TPSA) is 58.6 Å². The van der Waals surface area contributed by atoms with Crippen LogP contribution in [0, 0.1) is 13.8 Å². The van der Waals surface area contributed by atoms with Crippen molar-refractivity contribution >= 4 is 5.71 Å². The zero-order valence-corrected chi connectivity index (χ0v) is 10.1. The molecule has 4 heteroatoms. The van der Waals surface area contributed by atoms with Crippen molar-refractivity contribution in [3.05, 3.63) is 41.4 Å². The molecule has 2 rings (SSSR count). The lowest BCUT2D eigenvalue weighted by molar-refractivity contribution is 0.319. The van der Waals surface area contributed by atoms with Gasteiger partial charge in [0.05, 0.1) is 5.71 Å². The standard InChI is InChI=1S/C13H14N2O2/c1-8-12(9(2)15-16)10(3)17-13(8)11-4-6-14-7-5-11/h4-7,16H,1-3H3/b15-9+. The molecule has 88 valence electrons. The summed E-state index contributed by atoms with van der Waals surface area (Å²) in [6.45, 7) is 5.57. The van der Waals surface area contributed by atoms with E-state index in [0.717, 1.165) is 28.2 Å². The van der Waals surface area contributed by atoms with E-state index < -0.39 is 0 Å². The Balaban J connectivity index is 2.60. The molecule has 17 heavy (non-hydrogen) atoms. The summed E-state index contributed by atoms with van der Waals surface area (Å²) in [6.07, 6.45) is 3.44. The fourth-order valence-corrected chi connectivity index (χ4v) is 2.01. The highest BCUT2D eigenvalue weighted by molar-refractivity contribution is 6.01. The van der Waals surface area contributed by atoms with Crippen LogP contribution in [0.25, 0.3) is 11.3 Å². The smallest absolute Gasteiger partial charge is 0.137 e. The van der Waals surface area contributed by atoms with Gasteiger partial charge in [-0.05, 0) is 32.9 Å². The second-order valence-corrected chi connectivity index (χ2v) is 3.91. The van der Waals surface area contributed by atoms with Crippen LogP contribution in [0.2, 0.25) is 0 Å². The second-order valence-electron chi connectivity index (χ2n) is 3.91. The van der Waals surface area contributed by atoms with E-state index in [1.807, 2.05) is 26.0 Å². The van der Waals surface area contributed by atoms with Gasteiger partial charge in [-0.3, -0.25) is 4.98 Å². The summed E-state index contributed by atoms with van der Waals surface area (Å²) in [5, 5.41) is 12.1. The normalized spacial score (nSPS) is 11.8. The van der Waals surface area contributed by atoms with Gasteiger partial charge in [-0.15, -0.1) is 0 Å². The molecule has 4 nitrogen and oxygen atoms in total. The van der Waals surface area contributed by atoms with Crippen molar-refractivity contribution in [1.29, 1.82) is 0 Å². The minimum atomic E-state index is 0.559. The van der Waals surface area contributed by atoms with Crippen LogP contribution in [0.1, 0.15) is 23.8 Å². The first-order valence-electron chi connectivity index (χ1n) is 5.34. The van der Waals surface area contributed by atoms with E-state index in [4.69, 9.17) is 9.62 Å². The number of hydrogen-bond acceptors (Lipinski definition) is 4. The summed E-state index contributed by atoms with van der Waals surface area (Å²) in [7, 11) is 0. The largest absolute Gasteiger partial charge is 0.460 e. The number of furan rings is 1. The van der Waals surface area contributed by atoms with Crippen molar-refractivity contribution < 1.29 is 9.62 Å². The van der Waals surface area contributed by atoms with E-state index in [1.54, 1.807) is 19.3 Å². The van der Waals surface area contributed by atoms with Crippen molar-refractivity contribution in [2.24, 2.45) is 5.16 Å². The third kappa shape index (κ3) is 1.93. The molecule has 0 aromatic carbocycles. The molecule has 0 amide bonds. The molecule has 0 fully saturated rings. The summed E-state index contributed by atoms with van der Waals surface area (Å²) in [4.78, 5) is 3.98. The Morgan fingerprint density at radius 1 is 1.29 bits per heavy atom. The maximum Gasteiger partial charge on any atom is 0.137 e. The number of pyridine rings is 1. The van der Waals surface area contributed by atoms with Crippen molar-refractivity contribution in [1.82, 2.24) is 4.98 Å². The van der Waals surface area contributed by atoms with Gasteiger partial charge in [-0.2, -0.15) is 0 Å². The van der Waals surface area contributed by atoms with E-state index in [2.05, 4.69) is 10.1 Å². The Labute approximate surface area is 99.6 Å². The predicted molar refractivity (Wildman–Crippen MR) is 65.4 cm³/mol. The van der Waals surface area contributed by atoms with Gasteiger partial charge in [0.15, 0.2) is 0 Å². The van der Waals surface area contributed by atoms with Gasteiger partial charge in [-0.25, -0.2) is 0 Å². The number of hydrogen-bond donors (Lipinski definition) is 1. The quantitative estimate of drug-likeness (QED) is 0.489. The number of aryl methyl sites for hydroxylation is 1. The van der Waals surface area contributed by atoms with Gasteiger partial charge in [0.2, 0.25) is 0 Å². The van der Waals surface area contributed by atoms with Gasteiger partial charge in [0, 0.05) is 29.1 Å². The number of oxime groups is 1. The number of nitrogens with zero attached hydrogens (tertiary/aromatic N) is 2. The molecule has 0 spiro atoms. The lowest BCUT2D eigenvalue weighted by Gasteiger charge is -1.99. The van der Waals surface area contributed by atoms with Gasteiger partial charge >= 0.3 is 0 Å². The van der Waals surface area contributed by atoms with Crippen molar-refractivity contribution in [2.45, 2.75) is 20.8 Å². The highest BCUT2D eigenvalue weighted by Crippen LogP contribution is 2.30. The molecule has 0 saturated carbocycles. The third-order valence-electron chi connectivity index (χ3n) is 2.78. The molecule has 0 aliphatic carbocycles. The van der Waals surface area contributed by atoms with Crippen molar-refractivity contribution in [3.8, 4) is 11.3 Å². The molecular weight excluding hydrogens is 216 g/mol. The molecule has 2 heterocycles. The molecule has 0 atom stereocenters. The minimum Gasteiger partial charge on any atom is -0.460 e. The second kappa shape index (κ2) is 4.41. The van der Waals surface area contributed by atoms with Crippen LogP contribution >= 0.6 is 0 Å². The SMILES string of the molecule is C/C(=N\O)c1c(C)oc(-c2ccncc2)c1C. The predicted octanol–water partition coefficient (Wildman–Crippen LogP) is 3.16. The fourth-order valence-electron chi connectivity index (χ4n) is 2.01. The fraction of sp³-hybridized carbons (Fsp3) is 0.231. The van der Waals surface area contributed by atoms with Crippen LogP contribution in [-0.2, 0) is 0 Å². The Morgan fingerprint density at radius 2 is 1.94 bits per heavy atom. The van der Waals surface area contributed by atoms with E-state index in [9.17, 15) is 0 Å². The van der Waals surface area contributed by atoms with Crippen molar-refractivity contribution in [3.63, 3.8) is 0 Å². The average molecular weight is 230 g/mol. The Bertz CT molecular complexity index is 556. The molecule has 1 N–H and O–H groups in total. The molecule has 0 aliphatic rings. The molecule has 0 saturated heterocycles. The highest BCUT2D eigenvalue weighted by atomic mass is 16.4. The zero-order chi connectivity index (χ0) is 12.4. The summed E-state index contributed by atoms with van der Waals surface area (Å²) in [5.74, 6) is 1.55. The maximum absolute atomic E-state index is 8.85. The molecule has 2 aromatic heterocycles. The first-order valence-corrected chi connectivity index (χ1v) is 5.34. The van der Waals surface area contributed by atoms with Crippen LogP contribution < -0.4 is 0 Å². The monoisotopic (exact) mass is 230 g/mol. The molecular formula is C13H14N2O2. The van der Waals surface area contributed by atoms with E-state index >= 15 is 0 Å². The van der Waals surface area contributed by atoms with Crippen LogP contribution in [0.15, 0.2) is 34.1 Å². The lowest BCUT2D eigenvalue weighted by Crippen LogP contribution is -1.97. The van der Waals surface area contributed by atoms with Gasteiger partial charge in [0.1, 0.15) is 11.5 Å². The summed E-state index contributed by atoms with van der Waals surface area (Å²) < 4.78 is 5.73. The van der Waals surface area contributed by atoms with Crippen molar-refractivity contribution in [2.75, 3.05) is 0 Å². The van der Waals surface area contributed by atoms with Gasteiger partial charge < -0.3 is 9.62 Å². The molecule has 0 bridgehead atoms. The average Bonchev–Trinajstić information content (AvgIpc) is 2.65. The lowest BCUT2D eigenvalue weighted by atomic mass is 10.0. The Morgan fingerprint density at radius 3 is 2.53 bits per heavy atom. The van der Waals surface area contributed by atoms with Crippen LogP contribution in [0.5, 0.6) is 0 Å². The van der Waals surface area contributed by atoms with E-state index in [-0.39, 0.29) is 0 Å². The van der Waals surface area contributed by atoms with E-state index in [0.29, 0.717) is 5.71 Å². The van der Waals surface area contributed by atoms with Crippen LogP contribution in [0.3, 0.4) is 0 Å². The minimum absolute atomic E-state index is 0.559. The first-order chi connectivity index (χ1) is 8.15. The first kappa shape index (κ1) is 11.4. The molecule has 0 aliphatic heterocycles. The van der Waals surface area contributed by atoms with E-state index in [1.165, 1.54) is 0 Å². The number of rotatable bonds is 2. The summed E-state index contributed by atoms with van der Waals surface area (Å²) in [6, 6.07) is 3.78. The number of aromatic nitrogens is 1. The van der Waals surface area contributed by atoms with Gasteiger partial charge in [-0.1, -0.05) is 5.16 Å².